The Labute approximate surface area is 155 Å². The number of aromatic nitrogens is 1. The fourth-order valence-corrected chi connectivity index (χ4v) is 4.41. The second kappa shape index (κ2) is 7.31. The number of likely N-dealkylation sites (tertiary alicyclic amines) is 1. The van der Waals surface area contributed by atoms with Crippen LogP contribution in [0, 0.1) is 0 Å². The van der Waals surface area contributed by atoms with Crippen LogP contribution in [0.4, 0.5) is 5.69 Å². The van der Waals surface area contributed by atoms with Crippen LogP contribution in [0.3, 0.4) is 0 Å². The molecule has 1 saturated heterocycles. The van der Waals surface area contributed by atoms with E-state index in [9.17, 15) is 0 Å². The molecular weight excluding hydrogens is 326 g/mol. The van der Waals surface area contributed by atoms with Crippen molar-refractivity contribution < 1.29 is 9.47 Å². The molecule has 0 unspecified atom stereocenters. The van der Waals surface area contributed by atoms with E-state index in [-0.39, 0.29) is 0 Å². The van der Waals surface area contributed by atoms with Crippen molar-refractivity contribution in [3.63, 3.8) is 0 Å². The van der Waals surface area contributed by atoms with Gasteiger partial charge < -0.3 is 19.7 Å². The molecule has 5 nitrogen and oxygen atoms in total. The van der Waals surface area contributed by atoms with Crippen LogP contribution in [0.1, 0.15) is 36.9 Å². The van der Waals surface area contributed by atoms with Gasteiger partial charge in [-0.3, -0.25) is 4.98 Å². The van der Waals surface area contributed by atoms with Gasteiger partial charge in [-0.05, 0) is 57.3 Å². The topological polar surface area (TPSA) is 46.6 Å². The Bertz CT molecular complexity index is 806. The van der Waals surface area contributed by atoms with Crippen molar-refractivity contribution in [3.05, 3.63) is 23.4 Å². The molecule has 26 heavy (non-hydrogen) atoms. The second-order valence-corrected chi connectivity index (χ2v) is 7.59. The molecule has 1 fully saturated rings. The lowest BCUT2D eigenvalue weighted by molar-refractivity contribution is 0.339. The summed E-state index contributed by atoms with van der Waals surface area (Å²) >= 11 is 0. The molecule has 0 saturated carbocycles. The molecule has 1 N–H and O–H groups in total. The van der Waals surface area contributed by atoms with Gasteiger partial charge >= 0.3 is 0 Å². The number of ether oxygens (including phenoxy) is 2. The van der Waals surface area contributed by atoms with Crippen LogP contribution in [0.25, 0.3) is 10.9 Å². The van der Waals surface area contributed by atoms with Crippen LogP contribution < -0.4 is 14.8 Å². The highest BCUT2D eigenvalue weighted by molar-refractivity contribution is 5.96. The summed E-state index contributed by atoms with van der Waals surface area (Å²) < 4.78 is 11.0. The van der Waals surface area contributed by atoms with E-state index in [1.807, 2.05) is 6.07 Å². The highest BCUT2D eigenvalue weighted by Crippen LogP contribution is 2.40. The first-order chi connectivity index (χ1) is 12.7. The Morgan fingerprint density at radius 2 is 1.88 bits per heavy atom. The highest BCUT2D eigenvalue weighted by atomic mass is 16.5. The third-order valence-corrected chi connectivity index (χ3v) is 5.74. The Balaban J connectivity index is 1.80. The summed E-state index contributed by atoms with van der Waals surface area (Å²) in [6.07, 6.45) is 7.15. The summed E-state index contributed by atoms with van der Waals surface area (Å²) in [6, 6.07) is 4.57. The van der Waals surface area contributed by atoms with Crippen LogP contribution in [-0.4, -0.2) is 50.3 Å². The zero-order chi connectivity index (χ0) is 18.1. The van der Waals surface area contributed by atoms with Crippen LogP contribution in [-0.2, 0) is 12.8 Å². The average molecular weight is 355 g/mol. The summed E-state index contributed by atoms with van der Waals surface area (Å²) in [5, 5.41) is 5.05. The number of fused-ring (bicyclic) bond motifs is 2. The minimum atomic E-state index is 0.478. The van der Waals surface area contributed by atoms with E-state index in [4.69, 9.17) is 14.5 Å². The van der Waals surface area contributed by atoms with Gasteiger partial charge in [0.25, 0.3) is 0 Å². The van der Waals surface area contributed by atoms with Crippen molar-refractivity contribution in [3.8, 4) is 11.5 Å². The summed E-state index contributed by atoms with van der Waals surface area (Å²) in [7, 11) is 5.60. The first-order valence-corrected chi connectivity index (χ1v) is 9.72. The van der Waals surface area contributed by atoms with Crippen molar-refractivity contribution in [1.82, 2.24) is 9.88 Å². The number of nitrogens with zero attached hydrogens (tertiary/aromatic N) is 2. The predicted molar refractivity (Wildman–Crippen MR) is 106 cm³/mol. The Hall–Kier alpha value is -2.01. The molecule has 140 valence electrons. The van der Waals surface area contributed by atoms with Gasteiger partial charge in [0, 0.05) is 35.4 Å². The number of anilines is 1. The molecule has 4 rings (SSSR count). The van der Waals surface area contributed by atoms with Gasteiger partial charge in [-0.15, -0.1) is 0 Å². The Morgan fingerprint density at radius 1 is 1.08 bits per heavy atom. The molecule has 1 aliphatic heterocycles. The first-order valence-electron chi connectivity index (χ1n) is 9.72. The number of pyridine rings is 1. The van der Waals surface area contributed by atoms with E-state index < -0.39 is 0 Å². The van der Waals surface area contributed by atoms with E-state index >= 15 is 0 Å². The SMILES string of the molecule is COc1cc2nc3c(c(N[C@@H]4CCCCN(C)C4)c2cc1OC)CCC3. The van der Waals surface area contributed by atoms with Gasteiger partial charge in [0.1, 0.15) is 0 Å². The molecule has 0 bridgehead atoms. The molecule has 2 aliphatic rings. The van der Waals surface area contributed by atoms with Gasteiger partial charge in [-0.1, -0.05) is 6.42 Å². The third kappa shape index (κ3) is 3.20. The van der Waals surface area contributed by atoms with E-state index in [2.05, 4.69) is 23.3 Å². The predicted octanol–water partition coefficient (Wildman–Crippen LogP) is 3.64. The number of methoxy groups -OCH3 is 2. The van der Waals surface area contributed by atoms with Crippen molar-refractivity contribution in [1.29, 1.82) is 0 Å². The quantitative estimate of drug-likeness (QED) is 0.907. The van der Waals surface area contributed by atoms with E-state index in [1.54, 1.807) is 14.2 Å². The number of likely N-dealkylation sites (N-methyl/N-ethyl adjacent to an activating group) is 1. The van der Waals surface area contributed by atoms with Crippen molar-refractivity contribution in [2.24, 2.45) is 0 Å². The second-order valence-electron chi connectivity index (χ2n) is 7.59. The molecule has 1 aromatic heterocycles. The Morgan fingerprint density at radius 3 is 2.69 bits per heavy atom. The van der Waals surface area contributed by atoms with Gasteiger partial charge in [-0.25, -0.2) is 0 Å². The van der Waals surface area contributed by atoms with Crippen molar-refractivity contribution >= 4 is 16.6 Å². The molecule has 0 amide bonds. The van der Waals surface area contributed by atoms with Gasteiger partial charge in [-0.2, -0.15) is 0 Å². The van der Waals surface area contributed by atoms with Gasteiger partial charge in [0.15, 0.2) is 11.5 Å². The number of benzene rings is 1. The molecule has 5 heteroatoms. The molecule has 0 spiro atoms. The van der Waals surface area contributed by atoms with Crippen LogP contribution in [0.15, 0.2) is 12.1 Å². The van der Waals surface area contributed by atoms with Crippen LogP contribution in [0.2, 0.25) is 0 Å². The van der Waals surface area contributed by atoms with Gasteiger partial charge in [0.05, 0.1) is 19.7 Å². The molecule has 2 heterocycles. The fourth-order valence-electron chi connectivity index (χ4n) is 4.41. The fraction of sp³-hybridized carbons (Fsp3) is 0.571. The summed E-state index contributed by atoms with van der Waals surface area (Å²) in [5.74, 6) is 1.51. The number of rotatable bonds is 4. The average Bonchev–Trinajstić information content (AvgIpc) is 3.02. The molecule has 1 atom stereocenters. The molecule has 2 aromatic rings. The van der Waals surface area contributed by atoms with Crippen molar-refractivity contribution in [2.75, 3.05) is 39.7 Å². The number of hydrogen-bond donors (Lipinski definition) is 1. The summed E-state index contributed by atoms with van der Waals surface area (Å²) in [5.41, 5.74) is 4.90. The summed E-state index contributed by atoms with van der Waals surface area (Å²) in [4.78, 5) is 7.38. The summed E-state index contributed by atoms with van der Waals surface area (Å²) in [6.45, 7) is 2.28. The lowest BCUT2D eigenvalue weighted by Gasteiger charge is -2.25. The molecular formula is C21H29N3O2. The van der Waals surface area contributed by atoms with Crippen molar-refractivity contribution in [2.45, 2.75) is 44.6 Å². The maximum absolute atomic E-state index is 5.56. The van der Waals surface area contributed by atoms with E-state index in [0.717, 1.165) is 41.8 Å². The smallest absolute Gasteiger partial charge is 0.162 e. The lowest BCUT2D eigenvalue weighted by Crippen LogP contribution is -2.33. The van der Waals surface area contributed by atoms with Crippen LogP contribution in [0.5, 0.6) is 11.5 Å². The number of aryl methyl sites for hydroxylation is 1. The largest absolute Gasteiger partial charge is 0.493 e. The molecule has 0 radical (unpaired) electrons. The van der Waals surface area contributed by atoms with E-state index in [0.29, 0.717) is 6.04 Å². The highest BCUT2D eigenvalue weighted by Gasteiger charge is 2.24. The molecule has 1 aromatic carbocycles. The minimum absolute atomic E-state index is 0.478. The third-order valence-electron chi connectivity index (χ3n) is 5.74. The first kappa shape index (κ1) is 17.4. The molecule has 1 aliphatic carbocycles. The number of nitrogens with one attached hydrogen (secondary N) is 1. The monoisotopic (exact) mass is 355 g/mol. The Kier molecular flexibility index (Phi) is 4.90. The standard InChI is InChI=1S/C21H29N3O2/c1-24-10-5-4-7-14(13-24)22-21-15-8-6-9-17(15)23-18-12-20(26-3)19(25-2)11-16(18)21/h11-12,14H,4-10,13H2,1-3H3,(H,22,23)/t14-/m1/s1. The van der Waals surface area contributed by atoms with Crippen LogP contribution >= 0.6 is 0 Å². The van der Waals surface area contributed by atoms with E-state index in [1.165, 1.54) is 49.2 Å². The van der Waals surface area contributed by atoms with Gasteiger partial charge in [0.2, 0.25) is 0 Å². The zero-order valence-corrected chi connectivity index (χ0v) is 16.1. The number of hydrogen-bond acceptors (Lipinski definition) is 5. The maximum Gasteiger partial charge on any atom is 0.162 e. The zero-order valence-electron chi connectivity index (χ0n) is 16.1. The lowest BCUT2D eigenvalue weighted by atomic mass is 10.0. The maximum atomic E-state index is 5.56. The normalized spacial score (nSPS) is 20.7. The minimum Gasteiger partial charge on any atom is -0.493 e.